The molecular weight excluding hydrogens is 283 g/mol. The topological polar surface area (TPSA) is 79.1 Å². The standard InChI is InChI=1S/C15H19FN6/c1-9-5-10(16)3-4-12(9)19-13-6-14(21-15(17)20-13)22-7-11(8-22)18-2/h3-6,11,18H,7-8H2,1-2H3,(H3,17,19,20,21). The van der Waals surface area contributed by atoms with Crippen LogP contribution in [0.3, 0.4) is 0 Å². The summed E-state index contributed by atoms with van der Waals surface area (Å²) in [6.45, 7) is 3.62. The molecule has 1 aliphatic heterocycles. The second-order valence-corrected chi connectivity index (χ2v) is 5.44. The van der Waals surface area contributed by atoms with Crippen molar-refractivity contribution in [3.05, 3.63) is 35.6 Å². The second-order valence-electron chi connectivity index (χ2n) is 5.44. The lowest BCUT2D eigenvalue weighted by Crippen LogP contribution is -2.57. The maximum absolute atomic E-state index is 13.2. The van der Waals surface area contributed by atoms with Crippen LogP contribution in [0.1, 0.15) is 5.56 Å². The number of hydrogen-bond acceptors (Lipinski definition) is 6. The van der Waals surface area contributed by atoms with E-state index in [1.165, 1.54) is 12.1 Å². The van der Waals surface area contributed by atoms with E-state index in [0.29, 0.717) is 11.9 Å². The van der Waals surface area contributed by atoms with Crippen LogP contribution in [0.4, 0.5) is 27.7 Å². The lowest BCUT2D eigenvalue weighted by atomic mass is 10.1. The van der Waals surface area contributed by atoms with Gasteiger partial charge in [0.2, 0.25) is 5.95 Å². The number of nitrogens with one attached hydrogen (secondary N) is 2. The number of hydrogen-bond donors (Lipinski definition) is 3. The molecule has 0 amide bonds. The third-order valence-corrected chi connectivity index (χ3v) is 3.79. The number of halogens is 1. The number of aryl methyl sites for hydroxylation is 1. The SMILES string of the molecule is CNC1CN(c2cc(Nc3ccc(F)cc3C)nc(N)n2)C1. The highest BCUT2D eigenvalue weighted by Gasteiger charge is 2.26. The number of anilines is 4. The molecular formula is C15H19FN6. The first-order chi connectivity index (χ1) is 10.5. The Labute approximate surface area is 128 Å². The lowest BCUT2D eigenvalue weighted by Gasteiger charge is -2.40. The summed E-state index contributed by atoms with van der Waals surface area (Å²) in [5.74, 6) is 1.35. The normalized spacial score (nSPS) is 14.8. The number of aromatic nitrogens is 2. The van der Waals surface area contributed by atoms with Crippen LogP contribution in [0.15, 0.2) is 24.3 Å². The zero-order chi connectivity index (χ0) is 15.7. The van der Waals surface area contributed by atoms with Gasteiger partial charge >= 0.3 is 0 Å². The first-order valence-corrected chi connectivity index (χ1v) is 7.15. The van der Waals surface area contributed by atoms with E-state index >= 15 is 0 Å². The van der Waals surface area contributed by atoms with E-state index < -0.39 is 0 Å². The van der Waals surface area contributed by atoms with Crippen molar-refractivity contribution in [3.63, 3.8) is 0 Å². The Hall–Kier alpha value is -2.41. The first-order valence-electron chi connectivity index (χ1n) is 7.15. The van der Waals surface area contributed by atoms with Gasteiger partial charge in [-0.25, -0.2) is 4.39 Å². The molecule has 0 saturated carbocycles. The molecule has 0 unspecified atom stereocenters. The average molecular weight is 302 g/mol. The molecule has 0 aliphatic carbocycles. The Bertz CT molecular complexity index is 684. The Balaban J connectivity index is 1.80. The molecule has 0 atom stereocenters. The van der Waals surface area contributed by atoms with Gasteiger partial charge in [-0.1, -0.05) is 0 Å². The predicted octanol–water partition coefficient (Wildman–Crippen LogP) is 1.66. The third kappa shape index (κ3) is 2.94. The monoisotopic (exact) mass is 302 g/mol. The van der Waals surface area contributed by atoms with E-state index in [9.17, 15) is 4.39 Å². The number of likely N-dealkylation sites (N-methyl/N-ethyl adjacent to an activating group) is 1. The molecule has 116 valence electrons. The van der Waals surface area contributed by atoms with Crippen LogP contribution in [0.25, 0.3) is 0 Å². The van der Waals surface area contributed by atoms with Crippen LogP contribution < -0.4 is 21.3 Å². The molecule has 7 heteroatoms. The number of nitrogens with two attached hydrogens (primary N) is 1. The smallest absolute Gasteiger partial charge is 0.223 e. The number of benzene rings is 1. The highest BCUT2D eigenvalue weighted by Crippen LogP contribution is 2.25. The van der Waals surface area contributed by atoms with Crippen LogP contribution in [0, 0.1) is 12.7 Å². The van der Waals surface area contributed by atoms with Crippen molar-refractivity contribution in [3.8, 4) is 0 Å². The van der Waals surface area contributed by atoms with Gasteiger partial charge in [-0.2, -0.15) is 9.97 Å². The summed E-state index contributed by atoms with van der Waals surface area (Å²) in [5, 5.41) is 6.38. The lowest BCUT2D eigenvalue weighted by molar-refractivity contribution is 0.447. The van der Waals surface area contributed by atoms with Crippen LogP contribution in [-0.4, -0.2) is 36.1 Å². The van der Waals surface area contributed by atoms with Crippen LogP contribution in [0.5, 0.6) is 0 Å². The summed E-state index contributed by atoms with van der Waals surface area (Å²) in [4.78, 5) is 10.6. The Morgan fingerprint density at radius 1 is 1.27 bits per heavy atom. The summed E-state index contributed by atoms with van der Waals surface area (Å²) >= 11 is 0. The molecule has 3 rings (SSSR count). The maximum Gasteiger partial charge on any atom is 0.223 e. The summed E-state index contributed by atoms with van der Waals surface area (Å²) in [7, 11) is 1.95. The predicted molar refractivity (Wildman–Crippen MR) is 85.9 cm³/mol. The molecule has 4 N–H and O–H groups in total. The number of nitrogens with zero attached hydrogens (tertiary/aromatic N) is 3. The van der Waals surface area contributed by atoms with Crippen molar-refractivity contribution >= 4 is 23.3 Å². The van der Waals surface area contributed by atoms with Gasteiger partial charge < -0.3 is 21.3 Å². The number of rotatable bonds is 4. The van der Waals surface area contributed by atoms with Crippen molar-refractivity contribution < 1.29 is 4.39 Å². The highest BCUT2D eigenvalue weighted by molar-refractivity contribution is 5.64. The Morgan fingerprint density at radius 3 is 2.73 bits per heavy atom. The zero-order valence-electron chi connectivity index (χ0n) is 12.6. The first kappa shape index (κ1) is 14.5. The van der Waals surface area contributed by atoms with Gasteiger partial charge in [0.1, 0.15) is 17.5 Å². The molecule has 1 aliphatic rings. The summed E-state index contributed by atoms with van der Waals surface area (Å²) in [6.07, 6.45) is 0. The zero-order valence-corrected chi connectivity index (χ0v) is 12.6. The quantitative estimate of drug-likeness (QED) is 0.797. The minimum Gasteiger partial charge on any atom is -0.368 e. The molecule has 1 fully saturated rings. The minimum atomic E-state index is -0.260. The van der Waals surface area contributed by atoms with Crippen molar-refractivity contribution in [2.24, 2.45) is 0 Å². The van der Waals surface area contributed by atoms with Gasteiger partial charge in [0.15, 0.2) is 0 Å². The summed E-state index contributed by atoms with van der Waals surface area (Å²) in [5.41, 5.74) is 7.39. The van der Waals surface area contributed by atoms with Crippen molar-refractivity contribution in [2.75, 3.05) is 36.1 Å². The van der Waals surface area contributed by atoms with Crippen molar-refractivity contribution in [1.82, 2.24) is 15.3 Å². The van der Waals surface area contributed by atoms with Crippen LogP contribution in [-0.2, 0) is 0 Å². The molecule has 0 spiro atoms. The fourth-order valence-electron chi connectivity index (χ4n) is 2.43. The Morgan fingerprint density at radius 2 is 2.05 bits per heavy atom. The molecule has 2 heterocycles. The maximum atomic E-state index is 13.2. The van der Waals surface area contributed by atoms with Gasteiger partial charge in [0.05, 0.1) is 0 Å². The van der Waals surface area contributed by atoms with E-state index in [4.69, 9.17) is 5.73 Å². The second kappa shape index (κ2) is 5.76. The largest absolute Gasteiger partial charge is 0.368 e. The Kier molecular flexibility index (Phi) is 3.81. The molecule has 0 radical (unpaired) electrons. The fourth-order valence-corrected chi connectivity index (χ4v) is 2.43. The van der Waals surface area contributed by atoms with E-state index in [0.717, 1.165) is 30.2 Å². The van der Waals surface area contributed by atoms with E-state index in [-0.39, 0.29) is 11.8 Å². The summed E-state index contributed by atoms with van der Waals surface area (Å²) < 4.78 is 13.2. The van der Waals surface area contributed by atoms with Crippen molar-refractivity contribution in [2.45, 2.75) is 13.0 Å². The molecule has 22 heavy (non-hydrogen) atoms. The number of nitrogen functional groups attached to an aromatic ring is 1. The minimum absolute atomic E-state index is 0.215. The molecule has 1 aromatic heterocycles. The molecule has 1 saturated heterocycles. The van der Waals surface area contributed by atoms with Gasteiger partial charge in [-0.15, -0.1) is 0 Å². The third-order valence-electron chi connectivity index (χ3n) is 3.79. The van der Waals surface area contributed by atoms with Gasteiger partial charge in [-0.05, 0) is 37.7 Å². The highest BCUT2D eigenvalue weighted by atomic mass is 19.1. The van der Waals surface area contributed by atoms with Gasteiger partial charge in [0, 0.05) is 30.9 Å². The van der Waals surface area contributed by atoms with Crippen LogP contribution in [0.2, 0.25) is 0 Å². The summed E-state index contributed by atoms with van der Waals surface area (Å²) in [6, 6.07) is 6.90. The molecule has 6 nitrogen and oxygen atoms in total. The van der Waals surface area contributed by atoms with Crippen molar-refractivity contribution in [1.29, 1.82) is 0 Å². The average Bonchev–Trinajstić information content (AvgIpc) is 2.40. The van der Waals surface area contributed by atoms with E-state index in [2.05, 4.69) is 25.5 Å². The van der Waals surface area contributed by atoms with Gasteiger partial charge in [-0.3, -0.25) is 0 Å². The van der Waals surface area contributed by atoms with Gasteiger partial charge in [0.25, 0.3) is 0 Å². The van der Waals surface area contributed by atoms with E-state index in [1.807, 2.05) is 20.0 Å². The fraction of sp³-hybridized carbons (Fsp3) is 0.333. The van der Waals surface area contributed by atoms with Crippen LogP contribution >= 0.6 is 0 Å². The molecule has 2 aromatic rings. The molecule has 0 bridgehead atoms. The van der Waals surface area contributed by atoms with E-state index in [1.54, 1.807) is 6.07 Å². The molecule has 1 aromatic carbocycles.